The molecular weight excluding hydrogens is 386 g/mol. The Balaban J connectivity index is 1.60. The van der Waals surface area contributed by atoms with E-state index >= 15 is 0 Å². The fourth-order valence-electron chi connectivity index (χ4n) is 3.05. The van der Waals surface area contributed by atoms with Crippen LogP contribution in [0.5, 0.6) is 5.75 Å². The molecule has 0 N–H and O–H groups in total. The van der Waals surface area contributed by atoms with Crippen LogP contribution in [0.25, 0.3) is 0 Å². The Morgan fingerprint density at radius 2 is 1.79 bits per heavy atom. The molecular formula is C19H24ClN3O5. The lowest BCUT2D eigenvalue weighted by molar-refractivity contribution is -0.133. The van der Waals surface area contributed by atoms with Gasteiger partial charge in [0.25, 0.3) is 5.91 Å². The molecule has 0 bridgehead atoms. The quantitative estimate of drug-likeness (QED) is 0.747. The second-order valence-electron chi connectivity index (χ2n) is 7.73. The highest BCUT2D eigenvalue weighted by Gasteiger charge is 2.32. The van der Waals surface area contributed by atoms with Gasteiger partial charge in [-0.1, -0.05) is 11.6 Å². The first-order chi connectivity index (χ1) is 13.1. The van der Waals surface area contributed by atoms with Crippen LogP contribution >= 0.6 is 11.6 Å². The first-order valence-corrected chi connectivity index (χ1v) is 9.50. The zero-order valence-corrected chi connectivity index (χ0v) is 17.0. The number of fused-ring (bicyclic) bond motifs is 1. The maximum Gasteiger partial charge on any atom is 0.410 e. The molecule has 9 heteroatoms. The maximum atomic E-state index is 12.7. The van der Waals surface area contributed by atoms with Crippen molar-refractivity contribution >= 4 is 35.2 Å². The number of nitrogens with zero attached hydrogens (tertiary/aromatic N) is 3. The molecule has 1 saturated heterocycles. The number of benzene rings is 1. The SMILES string of the molecule is CC(C)(C)OC(=O)N1CCN(C(=O)CN2C(=O)COc3ccc(Cl)cc32)CC1. The highest BCUT2D eigenvalue weighted by atomic mass is 35.5. The lowest BCUT2D eigenvalue weighted by Crippen LogP contribution is -2.54. The number of piperazine rings is 1. The number of ether oxygens (including phenoxy) is 2. The van der Waals surface area contributed by atoms with Crippen molar-refractivity contribution in [3.05, 3.63) is 23.2 Å². The zero-order chi connectivity index (χ0) is 20.5. The van der Waals surface area contributed by atoms with Gasteiger partial charge < -0.3 is 19.3 Å². The minimum atomic E-state index is -0.560. The van der Waals surface area contributed by atoms with E-state index in [4.69, 9.17) is 21.1 Å². The van der Waals surface area contributed by atoms with Crippen molar-refractivity contribution in [1.29, 1.82) is 0 Å². The number of rotatable bonds is 2. The molecule has 152 valence electrons. The summed E-state index contributed by atoms with van der Waals surface area (Å²) in [6.07, 6.45) is -0.383. The second-order valence-corrected chi connectivity index (χ2v) is 8.17. The van der Waals surface area contributed by atoms with Crippen molar-refractivity contribution in [3.8, 4) is 5.75 Å². The summed E-state index contributed by atoms with van der Waals surface area (Å²) in [6, 6.07) is 4.97. The molecule has 0 atom stereocenters. The Kier molecular flexibility index (Phi) is 5.69. The largest absolute Gasteiger partial charge is 0.482 e. The normalized spacial score (nSPS) is 17.1. The highest BCUT2D eigenvalue weighted by molar-refractivity contribution is 6.31. The fraction of sp³-hybridized carbons (Fsp3) is 0.526. The minimum absolute atomic E-state index is 0.0953. The Bertz CT molecular complexity index is 784. The molecule has 0 unspecified atom stereocenters. The Morgan fingerprint density at radius 1 is 1.14 bits per heavy atom. The van der Waals surface area contributed by atoms with E-state index in [1.807, 2.05) is 20.8 Å². The van der Waals surface area contributed by atoms with E-state index in [0.29, 0.717) is 42.6 Å². The van der Waals surface area contributed by atoms with E-state index in [2.05, 4.69) is 0 Å². The molecule has 0 spiro atoms. The van der Waals surface area contributed by atoms with Crippen LogP contribution in [0.2, 0.25) is 5.02 Å². The Labute approximate surface area is 168 Å². The molecule has 0 aliphatic carbocycles. The number of carbonyl (C=O) groups excluding carboxylic acids is 3. The third kappa shape index (κ3) is 4.67. The van der Waals surface area contributed by atoms with Gasteiger partial charge in [0.2, 0.25) is 5.91 Å². The standard InChI is InChI=1S/C19H24ClN3O5/c1-19(2,3)28-18(26)22-8-6-21(7-9-22)16(24)11-23-14-10-13(20)4-5-15(14)27-12-17(23)25/h4-5,10H,6-9,11-12H2,1-3H3. The van der Waals surface area contributed by atoms with Crippen LogP contribution in [-0.4, -0.2) is 72.6 Å². The Hall–Kier alpha value is -2.48. The van der Waals surface area contributed by atoms with Crippen molar-refractivity contribution in [2.24, 2.45) is 0 Å². The second kappa shape index (κ2) is 7.87. The van der Waals surface area contributed by atoms with Crippen molar-refractivity contribution in [1.82, 2.24) is 9.80 Å². The summed E-state index contributed by atoms with van der Waals surface area (Å²) < 4.78 is 10.8. The van der Waals surface area contributed by atoms with E-state index in [-0.39, 0.29) is 31.1 Å². The lowest BCUT2D eigenvalue weighted by atomic mass is 10.2. The first-order valence-electron chi connectivity index (χ1n) is 9.12. The summed E-state index contributed by atoms with van der Waals surface area (Å²) in [5.41, 5.74) is -0.0699. The van der Waals surface area contributed by atoms with E-state index in [1.165, 1.54) is 4.90 Å². The third-order valence-electron chi connectivity index (χ3n) is 4.44. The molecule has 0 radical (unpaired) electrons. The first kappa shape index (κ1) is 20.3. The molecule has 2 heterocycles. The molecule has 1 aromatic carbocycles. The topological polar surface area (TPSA) is 79.4 Å². The minimum Gasteiger partial charge on any atom is -0.482 e. The van der Waals surface area contributed by atoms with Gasteiger partial charge in [0, 0.05) is 31.2 Å². The monoisotopic (exact) mass is 409 g/mol. The number of halogens is 1. The molecule has 0 saturated carbocycles. The summed E-state index contributed by atoms with van der Waals surface area (Å²) in [5, 5.41) is 0.459. The van der Waals surface area contributed by atoms with Crippen LogP contribution in [0.3, 0.4) is 0 Å². The van der Waals surface area contributed by atoms with Crippen molar-refractivity contribution in [2.75, 3.05) is 44.2 Å². The predicted octanol–water partition coefficient (Wildman–Crippen LogP) is 2.14. The van der Waals surface area contributed by atoms with Gasteiger partial charge in [-0.05, 0) is 39.0 Å². The molecule has 2 aliphatic heterocycles. The van der Waals surface area contributed by atoms with E-state index in [1.54, 1.807) is 28.0 Å². The number of carbonyl (C=O) groups is 3. The average Bonchev–Trinajstić information content (AvgIpc) is 2.63. The van der Waals surface area contributed by atoms with Gasteiger partial charge in [-0.2, -0.15) is 0 Å². The molecule has 2 aliphatic rings. The molecule has 8 nitrogen and oxygen atoms in total. The summed E-state index contributed by atoms with van der Waals surface area (Å²) in [5.74, 6) is 0.0343. The summed E-state index contributed by atoms with van der Waals surface area (Å²) >= 11 is 6.03. The maximum absolute atomic E-state index is 12.7. The number of hydrogen-bond acceptors (Lipinski definition) is 5. The van der Waals surface area contributed by atoms with Crippen LogP contribution in [0.4, 0.5) is 10.5 Å². The lowest BCUT2D eigenvalue weighted by Gasteiger charge is -2.37. The van der Waals surface area contributed by atoms with Gasteiger partial charge in [0.15, 0.2) is 6.61 Å². The summed E-state index contributed by atoms with van der Waals surface area (Å²) in [4.78, 5) is 41.8. The van der Waals surface area contributed by atoms with Gasteiger partial charge in [0.1, 0.15) is 17.9 Å². The van der Waals surface area contributed by atoms with Crippen LogP contribution in [0, 0.1) is 0 Å². The number of anilines is 1. The molecule has 1 aromatic rings. The number of hydrogen-bond donors (Lipinski definition) is 0. The molecule has 28 heavy (non-hydrogen) atoms. The van der Waals surface area contributed by atoms with Crippen LogP contribution in [0.15, 0.2) is 18.2 Å². The molecule has 3 rings (SSSR count). The third-order valence-corrected chi connectivity index (χ3v) is 4.68. The average molecular weight is 410 g/mol. The van der Waals surface area contributed by atoms with E-state index in [0.717, 1.165) is 0 Å². The van der Waals surface area contributed by atoms with Gasteiger partial charge in [-0.25, -0.2) is 4.79 Å². The molecule has 3 amide bonds. The van der Waals surface area contributed by atoms with Gasteiger partial charge >= 0.3 is 6.09 Å². The zero-order valence-electron chi connectivity index (χ0n) is 16.2. The Morgan fingerprint density at radius 3 is 2.43 bits per heavy atom. The smallest absolute Gasteiger partial charge is 0.410 e. The van der Waals surface area contributed by atoms with Gasteiger partial charge in [-0.3, -0.25) is 14.5 Å². The highest BCUT2D eigenvalue weighted by Crippen LogP contribution is 2.34. The van der Waals surface area contributed by atoms with Crippen LogP contribution < -0.4 is 9.64 Å². The van der Waals surface area contributed by atoms with Crippen molar-refractivity contribution in [3.63, 3.8) is 0 Å². The predicted molar refractivity (Wildman–Crippen MR) is 104 cm³/mol. The van der Waals surface area contributed by atoms with E-state index < -0.39 is 5.60 Å². The van der Waals surface area contributed by atoms with Crippen molar-refractivity contribution in [2.45, 2.75) is 26.4 Å². The summed E-state index contributed by atoms with van der Waals surface area (Å²) in [6.45, 7) is 6.78. The van der Waals surface area contributed by atoms with Gasteiger partial charge in [-0.15, -0.1) is 0 Å². The van der Waals surface area contributed by atoms with Gasteiger partial charge in [0.05, 0.1) is 5.69 Å². The van der Waals surface area contributed by atoms with Crippen LogP contribution in [-0.2, 0) is 14.3 Å². The summed E-state index contributed by atoms with van der Waals surface area (Å²) in [7, 11) is 0. The van der Waals surface area contributed by atoms with Crippen molar-refractivity contribution < 1.29 is 23.9 Å². The molecule has 0 aromatic heterocycles. The number of amides is 3. The van der Waals surface area contributed by atoms with E-state index in [9.17, 15) is 14.4 Å². The fourth-order valence-corrected chi connectivity index (χ4v) is 3.22. The van der Waals surface area contributed by atoms with Crippen LogP contribution in [0.1, 0.15) is 20.8 Å². The molecule has 1 fully saturated rings.